The predicted octanol–water partition coefficient (Wildman–Crippen LogP) is 12.0. The van der Waals surface area contributed by atoms with Crippen LogP contribution in [0.1, 0.15) is 134 Å². The van der Waals surface area contributed by atoms with E-state index in [-0.39, 0.29) is 59.0 Å². The van der Waals surface area contributed by atoms with E-state index in [1.807, 2.05) is 54.6 Å². The van der Waals surface area contributed by atoms with Crippen molar-refractivity contribution in [2.45, 2.75) is 149 Å². The van der Waals surface area contributed by atoms with E-state index in [1.165, 1.54) is 16.9 Å². The molecule has 0 aliphatic carbocycles. The Labute approximate surface area is 455 Å². The molecule has 0 bridgehead atoms. The Kier molecular flexibility index (Phi) is 18.0. The molecule has 7 aromatic rings. The smallest absolute Gasteiger partial charge is 0.319 e. The van der Waals surface area contributed by atoms with Crippen molar-refractivity contribution in [3.05, 3.63) is 101 Å². The molecule has 0 radical (unpaired) electrons. The van der Waals surface area contributed by atoms with E-state index in [4.69, 9.17) is 28.9 Å². The maximum absolute atomic E-state index is 17.1. The molecule has 11 rings (SSSR count). The summed E-state index contributed by atoms with van der Waals surface area (Å²) in [5.74, 6) is 1.11. The van der Waals surface area contributed by atoms with Crippen LogP contribution in [0.4, 0.5) is 10.2 Å². The van der Waals surface area contributed by atoms with Crippen molar-refractivity contribution >= 4 is 51.1 Å². The zero-order valence-corrected chi connectivity index (χ0v) is 46.3. The molecule has 4 aliphatic heterocycles. The number of anilines is 1. The molecule has 0 spiro atoms. The number of aromatic nitrogens is 5. The fourth-order valence-corrected chi connectivity index (χ4v) is 12.5. The zero-order chi connectivity index (χ0) is 54.1. The Morgan fingerprint density at radius 3 is 2.47 bits per heavy atom. The highest BCUT2D eigenvalue weighted by Gasteiger charge is 2.50. The first kappa shape index (κ1) is 55.0. The lowest BCUT2D eigenvalue weighted by molar-refractivity contribution is -0.131. The number of hydrogen-bond donors (Lipinski definition) is 2. The van der Waals surface area contributed by atoms with Crippen LogP contribution in [-0.2, 0) is 22.4 Å². The Hall–Kier alpha value is -6.72. The highest BCUT2D eigenvalue weighted by atomic mass is 32.1. The molecule has 2 amide bonds. The van der Waals surface area contributed by atoms with Crippen molar-refractivity contribution in [1.82, 2.24) is 40.2 Å². The maximum atomic E-state index is 17.1. The van der Waals surface area contributed by atoms with Gasteiger partial charge in [0.2, 0.25) is 12.3 Å². The minimum atomic E-state index is -0.557. The van der Waals surface area contributed by atoms with Crippen LogP contribution in [0.5, 0.6) is 17.6 Å². The van der Waals surface area contributed by atoms with Gasteiger partial charge in [-0.1, -0.05) is 82.5 Å². The third-order valence-corrected chi connectivity index (χ3v) is 16.6. The van der Waals surface area contributed by atoms with E-state index in [0.29, 0.717) is 41.6 Å². The number of aromatic hydroxyl groups is 1. The van der Waals surface area contributed by atoms with Crippen molar-refractivity contribution < 1.29 is 33.1 Å². The number of aryl methyl sites for hydroxylation is 2. The van der Waals surface area contributed by atoms with Gasteiger partial charge in [0.05, 0.1) is 39.5 Å². The molecule has 4 fully saturated rings. The molecule has 8 heterocycles. The largest absolute Gasteiger partial charge is 0.508 e. The van der Waals surface area contributed by atoms with Crippen molar-refractivity contribution in [3.63, 3.8) is 0 Å². The number of fused-ring (bicyclic) bond motifs is 3. The minimum Gasteiger partial charge on any atom is -0.508 e. The van der Waals surface area contributed by atoms with Crippen LogP contribution in [0.25, 0.3) is 43.4 Å². The molecule has 3 aromatic carbocycles. The molecule has 4 aromatic heterocycles. The number of halogens is 1. The van der Waals surface area contributed by atoms with Crippen LogP contribution < -0.4 is 19.7 Å². The number of benzene rings is 3. The van der Waals surface area contributed by atoms with Crippen molar-refractivity contribution in [2.24, 2.45) is 0 Å². The minimum absolute atomic E-state index is 0.0455. The second-order valence-electron chi connectivity index (χ2n) is 21.1. The van der Waals surface area contributed by atoms with Crippen LogP contribution in [-0.4, -0.2) is 109 Å². The zero-order valence-electron chi connectivity index (χ0n) is 45.5. The van der Waals surface area contributed by atoms with Gasteiger partial charge in [-0.05, 0) is 130 Å². The molecule has 4 atom stereocenters. The van der Waals surface area contributed by atoms with E-state index in [2.05, 4.69) is 65.1 Å². The first-order chi connectivity index (χ1) is 37.4. The standard InChI is InChI=1S/C44H52FN7O5.C13H14N2OS.C3H8/c1-3-29-12-8-13-30-21-32(53)22-34(38(29)30)40-39(45)41-35(25-46-40)42(50-17-6-4-5-7-18-50)48-43(47-41)56-27-44-15-10-20-52(44)31(14-16-44)26-55-36-23-33(57-49-36)24-37(54)51-19-9-11-28(51)2;1-9(14-7-16)11-3-5-12(6-4-11)13-10(2)15-8-17-13;1-3-2/h8,12-13,21-23,25,28,31,53H,3-7,9-11,14-20,24,26-27H2,1-2H3;3-9H,1-2H3,(H,14,16);3H2,1-2H3. The van der Waals surface area contributed by atoms with Gasteiger partial charge in [-0.15, -0.1) is 11.3 Å². The van der Waals surface area contributed by atoms with E-state index < -0.39 is 5.82 Å². The predicted molar refractivity (Wildman–Crippen MR) is 301 cm³/mol. The van der Waals surface area contributed by atoms with E-state index >= 15 is 4.39 Å². The molecule has 17 heteroatoms. The average Bonchev–Trinajstić information content (AvgIpc) is 4.28. The SMILES string of the molecule is CCC.CCc1cccc2cc(O)cc(-c3ncc4c(N5CCCCCC5)nc(OCC56CCCN5C(COc5cc(CC(=O)N7CCCC7C)on5)CC6)nc4c3F)c12.Cc1ncsc1-c1ccc(C(C)NC=O)cc1. The fraction of sp³-hybridized carbons (Fsp3) is 0.483. The lowest BCUT2D eigenvalue weighted by Gasteiger charge is -2.34. The van der Waals surface area contributed by atoms with Crippen LogP contribution >= 0.6 is 11.3 Å². The van der Waals surface area contributed by atoms with Crippen molar-refractivity contribution in [3.8, 4) is 39.3 Å². The van der Waals surface area contributed by atoms with Gasteiger partial charge in [0.1, 0.15) is 41.8 Å². The number of ether oxygens (including phenoxy) is 2. The summed E-state index contributed by atoms with van der Waals surface area (Å²) in [6.07, 6.45) is 14.8. The third-order valence-electron chi connectivity index (χ3n) is 15.6. The molecule has 2 N–H and O–H groups in total. The summed E-state index contributed by atoms with van der Waals surface area (Å²) < 4.78 is 35.3. The number of rotatable bonds is 15. The number of likely N-dealkylation sites (tertiary alicyclic amines) is 1. The van der Waals surface area contributed by atoms with Gasteiger partial charge in [0.15, 0.2) is 5.82 Å². The average molecular weight is 1070 g/mol. The lowest BCUT2D eigenvalue weighted by Crippen LogP contribution is -2.48. The second-order valence-corrected chi connectivity index (χ2v) is 21.9. The Bertz CT molecular complexity index is 3120. The van der Waals surface area contributed by atoms with Gasteiger partial charge >= 0.3 is 6.01 Å². The molecular formula is C60H74FN9O6S. The Morgan fingerprint density at radius 2 is 1.75 bits per heavy atom. The number of phenols is 1. The Morgan fingerprint density at radius 1 is 0.961 bits per heavy atom. The monoisotopic (exact) mass is 1070 g/mol. The summed E-state index contributed by atoms with van der Waals surface area (Å²) in [7, 11) is 0. The summed E-state index contributed by atoms with van der Waals surface area (Å²) in [6, 6.07) is 19.8. The van der Waals surface area contributed by atoms with Crippen LogP contribution in [0.2, 0.25) is 0 Å². The van der Waals surface area contributed by atoms with Crippen LogP contribution in [0.3, 0.4) is 0 Å². The summed E-state index contributed by atoms with van der Waals surface area (Å²) in [4.78, 5) is 49.7. The normalized spacial score (nSPS) is 19.7. The van der Waals surface area contributed by atoms with Gasteiger partial charge in [0.25, 0.3) is 5.88 Å². The molecule has 77 heavy (non-hydrogen) atoms. The first-order valence-electron chi connectivity index (χ1n) is 27.8. The summed E-state index contributed by atoms with van der Waals surface area (Å²) in [5, 5.41) is 19.8. The van der Waals surface area contributed by atoms with Gasteiger partial charge in [-0.3, -0.25) is 19.5 Å². The molecule has 0 saturated carbocycles. The number of amides is 2. The topological polar surface area (TPSA) is 172 Å². The maximum Gasteiger partial charge on any atom is 0.319 e. The van der Waals surface area contributed by atoms with Crippen LogP contribution in [0.15, 0.2) is 76.9 Å². The quantitative estimate of drug-likeness (QED) is 0.0930. The van der Waals surface area contributed by atoms with Crippen molar-refractivity contribution in [1.29, 1.82) is 0 Å². The molecule has 4 unspecified atom stereocenters. The molecule has 15 nitrogen and oxygen atoms in total. The molecule has 4 aliphatic rings. The first-order valence-corrected chi connectivity index (χ1v) is 28.7. The number of nitrogens with one attached hydrogen (secondary N) is 1. The molecule has 4 saturated heterocycles. The highest BCUT2D eigenvalue weighted by Crippen LogP contribution is 2.44. The van der Waals surface area contributed by atoms with E-state index in [1.54, 1.807) is 35.7 Å². The number of carbonyl (C=O) groups is 2. The van der Waals surface area contributed by atoms with E-state index in [9.17, 15) is 14.7 Å². The second kappa shape index (κ2) is 25.2. The van der Waals surface area contributed by atoms with Crippen LogP contribution in [0, 0.1) is 12.7 Å². The number of nitrogens with zero attached hydrogens (tertiary/aromatic N) is 8. The number of pyridine rings is 1. The highest BCUT2D eigenvalue weighted by molar-refractivity contribution is 7.13. The lowest BCUT2D eigenvalue weighted by atomic mass is 9.95. The van der Waals surface area contributed by atoms with Gasteiger partial charge in [-0.2, -0.15) is 9.97 Å². The fourth-order valence-electron chi connectivity index (χ4n) is 11.6. The number of hydrogen-bond acceptors (Lipinski definition) is 14. The number of phenolic OH excluding ortho intramolecular Hbond substituents is 1. The van der Waals surface area contributed by atoms with Gasteiger partial charge < -0.3 is 34.2 Å². The third kappa shape index (κ3) is 12.4. The van der Waals surface area contributed by atoms with Crippen molar-refractivity contribution in [2.75, 3.05) is 44.3 Å². The number of thiazole rings is 1. The Balaban J connectivity index is 0.000000304. The summed E-state index contributed by atoms with van der Waals surface area (Å²) in [6.45, 7) is 16.5. The van der Waals surface area contributed by atoms with E-state index in [0.717, 1.165) is 131 Å². The summed E-state index contributed by atoms with van der Waals surface area (Å²) in [5.41, 5.74) is 6.85. The molecule has 408 valence electrons. The summed E-state index contributed by atoms with van der Waals surface area (Å²) >= 11 is 1.64. The molecular weight excluding hydrogens is 994 g/mol. The van der Waals surface area contributed by atoms with Gasteiger partial charge in [-0.25, -0.2) is 9.37 Å². The number of carbonyl (C=O) groups excluding carboxylic acids is 2. The van der Waals surface area contributed by atoms with Gasteiger partial charge in [0, 0.05) is 49.5 Å².